The molecule has 1 aliphatic heterocycles. The summed E-state index contributed by atoms with van der Waals surface area (Å²) in [4.78, 5) is 0. The fourth-order valence-corrected chi connectivity index (χ4v) is 1.24. The maximum absolute atomic E-state index is 11.8. The molecule has 0 aromatic carbocycles. The lowest BCUT2D eigenvalue weighted by Gasteiger charge is -2.27. The van der Waals surface area contributed by atoms with E-state index < -0.39 is 4.76 Å². The highest BCUT2D eigenvalue weighted by molar-refractivity contribution is 5.95. The first-order chi connectivity index (χ1) is 6.06. The zero-order valence-corrected chi connectivity index (χ0v) is 8.09. The third-order valence-corrected chi connectivity index (χ3v) is 2.17. The molecule has 0 aliphatic carbocycles. The molecule has 0 saturated carbocycles. The largest absolute Gasteiger partial charge is 0.600 e. The summed E-state index contributed by atoms with van der Waals surface area (Å²) in [5, 5.41) is 15.4. The molecule has 1 atom stereocenters. The fraction of sp³-hybridized carbons (Fsp3) is 0.667. The van der Waals surface area contributed by atoms with Crippen molar-refractivity contribution in [1.82, 2.24) is 0 Å². The molecule has 0 saturated heterocycles. The lowest BCUT2D eigenvalue weighted by Crippen LogP contribution is -2.25. The number of alkyl halides is 1. The van der Waals surface area contributed by atoms with E-state index in [-0.39, 0.29) is 6.67 Å². The minimum absolute atomic E-state index is 0.292. The molecule has 4 heteroatoms. The summed E-state index contributed by atoms with van der Waals surface area (Å²) in [5.41, 5.74) is 1.48. The quantitative estimate of drug-likeness (QED) is 0.377. The van der Waals surface area contributed by atoms with Crippen LogP contribution >= 0.6 is 0 Å². The summed E-state index contributed by atoms with van der Waals surface area (Å²) in [6.45, 7) is 1.47. The van der Waals surface area contributed by atoms with E-state index >= 15 is 0 Å². The minimum atomic E-state index is -0.648. The van der Waals surface area contributed by atoms with Gasteiger partial charge in [-0.1, -0.05) is 5.10 Å². The highest BCUT2D eigenvalue weighted by Crippen LogP contribution is 2.21. The van der Waals surface area contributed by atoms with Crippen LogP contribution in [0.15, 0.2) is 16.9 Å². The summed E-state index contributed by atoms with van der Waals surface area (Å²) < 4.78 is 11.1. The molecule has 0 aromatic heterocycles. The van der Waals surface area contributed by atoms with Crippen molar-refractivity contribution in [3.8, 4) is 0 Å². The van der Waals surface area contributed by atoms with Gasteiger partial charge in [-0.25, -0.2) is 4.76 Å². The Bertz CT molecular complexity index is 246. The Hall–Kier alpha value is -0.740. The van der Waals surface area contributed by atoms with E-state index in [4.69, 9.17) is 0 Å². The van der Waals surface area contributed by atoms with Crippen molar-refractivity contribution in [3.63, 3.8) is 0 Å². The van der Waals surface area contributed by atoms with Gasteiger partial charge in [-0.2, -0.15) is 0 Å². The van der Waals surface area contributed by atoms with Gasteiger partial charge in [0.25, 0.3) is 0 Å². The highest BCUT2D eigenvalue weighted by Gasteiger charge is 2.21. The predicted molar refractivity (Wildman–Crippen MR) is 50.6 cm³/mol. The molecule has 74 valence electrons. The summed E-state index contributed by atoms with van der Waals surface area (Å²) in [6.07, 6.45) is 3.82. The second-order valence-electron chi connectivity index (χ2n) is 3.40. The highest BCUT2D eigenvalue weighted by atomic mass is 19.1. The Morgan fingerprint density at radius 2 is 2.23 bits per heavy atom. The predicted octanol–water partition coefficient (Wildman–Crippen LogP) is 2.34. The van der Waals surface area contributed by atoms with E-state index in [0.29, 0.717) is 18.5 Å². The van der Waals surface area contributed by atoms with E-state index in [1.807, 2.05) is 0 Å². The molecule has 1 unspecified atom stereocenters. The standard InChI is InChI=1S/C9H15FN2O/c1-8-7-9(5-3-4-6-10)11-12(8,2)13/h7H,3-6H2,1-2H3. The first-order valence-electron chi connectivity index (χ1n) is 4.48. The lowest BCUT2D eigenvalue weighted by atomic mass is 10.1. The summed E-state index contributed by atoms with van der Waals surface area (Å²) >= 11 is 0. The zero-order valence-electron chi connectivity index (χ0n) is 8.09. The molecular formula is C9H15FN2O. The number of hydrogen-bond acceptors (Lipinski definition) is 2. The number of halogens is 1. The van der Waals surface area contributed by atoms with Gasteiger partial charge in [0.05, 0.1) is 13.7 Å². The average Bonchev–Trinajstić information content (AvgIpc) is 2.27. The number of hydrogen-bond donors (Lipinski definition) is 0. The van der Waals surface area contributed by atoms with Crippen molar-refractivity contribution in [2.24, 2.45) is 5.10 Å². The second kappa shape index (κ2) is 3.98. The van der Waals surface area contributed by atoms with E-state index in [2.05, 4.69) is 5.10 Å². The third kappa shape index (κ3) is 2.60. The molecule has 0 radical (unpaired) electrons. The summed E-state index contributed by atoms with van der Waals surface area (Å²) in [6, 6.07) is 0. The van der Waals surface area contributed by atoms with Crippen LogP contribution in [-0.4, -0.2) is 24.2 Å². The maximum Gasteiger partial charge on any atom is 0.134 e. The van der Waals surface area contributed by atoms with Crippen molar-refractivity contribution in [1.29, 1.82) is 0 Å². The first kappa shape index (κ1) is 10.3. The molecule has 13 heavy (non-hydrogen) atoms. The van der Waals surface area contributed by atoms with Gasteiger partial charge in [0, 0.05) is 13.0 Å². The topological polar surface area (TPSA) is 35.4 Å². The fourth-order valence-electron chi connectivity index (χ4n) is 1.24. The summed E-state index contributed by atoms with van der Waals surface area (Å²) in [7, 11) is 1.49. The van der Waals surface area contributed by atoms with Gasteiger partial charge >= 0.3 is 0 Å². The third-order valence-electron chi connectivity index (χ3n) is 2.17. The number of nitrogens with zero attached hydrogens (tertiary/aromatic N) is 2. The molecule has 0 amide bonds. The van der Waals surface area contributed by atoms with Crippen molar-refractivity contribution < 1.29 is 9.15 Å². The van der Waals surface area contributed by atoms with Gasteiger partial charge in [-0.15, -0.1) is 0 Å². The van der Waals surface area contributed by atoms with Crippen LogP contribution in [0, 0.1) is 5.21 Å². The van der Waals surface area contributed by atoms with E-state index in [1.165, 1.54) is 7.05 Å². The number of allylic oxidation sites excluding steroid dienone is 2. The Kier molecular flexibility index (Phi) is 3.17. The molecule has 3 nitrogen and oxygen atoms in total. The normalized spacial score (nSPS) is 27.4. The minimum Gasteiger partial charge on any atom is -0.600 e. The first-order valence-corrected chi connectivity index (χ1v) is 4.48. The molecule has 1 aliphatic rings. The number of hydroxylamine groups is 2. The Morgan fingerprint density at radius 1 is 1.54 bits per heavy atom. The molecule has 0 spiro atoms. The van der Waals surface area contributed by atoms with Crippen LogP contribution in [0.5, 0.6) is 0 Å². The van der Waals surface area contributed by atoms with Gasteiger partial charge in [-0.3, -0.25) is 4.39 Å². The van der Waals surface area contributed by atoms with Crippen LogP contribution < -0.4 is 0 Å². The van der Waals surface area contributed by atoms with Crippen molar-refractivity contribution in [2.45, 2.75) is 26.2 Å². The lowest BCUT2D eigenvalue weighted by molar-refractivity contribution is -0.825. The zero-order chi connectivity index (χ0) is 9.90. The SMILES string of the molecule is CC1=CC(CCCCF)=N[N+]1(C)[O-]. The van der Waals surface area contributed by atoms with Gasteiger partial charge in [0.1, 0.15) is 11.4 Å². The van der Waals surface area contributed by atoms with Crippen LogP contribution in [0.3, 0.4) is 0 Å². The van der Waals surface area contributed by atoms with Crippen molar-refractivity contribution >= 4 is 5.71 Å². The van der Waals surface area contributed by atoms with Crippen molar-refractivity contribution in [3.05, 3.63) is 17.0 Å². The summed E-state index contributed by atoms with van der Waals surface area (Å²) in [5.74, 6) is 0. The Morgan fingerprint density at radius 3 is 2.69 bits per heavy atom. The van der Waals surface area contributed by atoms with E-state index in [1.54, 1.807) is 13.0 Å². The second-order valence-corrected chi connectivity index (χ2v) is 3.40. The van der Waals surface area contributed by atoms with Crippen LogP contribution in [0.2, 0.25) is 0 Å². The molecular weight excluding hydrogens is 171 g/mol. The number of quaternary nitrogens is 1. The van der Waals surface area contributed by atoms with Gasteiger partial charge < -0.3 is 5.21 Å². The maximum atomic E-state index is 11.8. The van der Waals surface area contributed by atoms with E-state index in [0.717, 1.165) is 12.1 Å². The molecule has 0 fully saturated rings. The molecule has 1 rings (SSSR count). The van der Waals surface area contributed by atoms with Crippen LogP contribution in [-0.2, 0) is 0 Å². The van der Waals surface area contributed by atoms with Crippen molar-refractivity contribution in [2.75, 3.05) is 13.7 Å². The van der Waals surface area contributed by atoms with Gasteiger partial charge in [0.15, 0.2) is 0 Å². The Balaban J connectivity index is 2.46. The molecule has 0 N–H and O–H groups in total. The smallest absolute Gasteiger partial charge is 0.134 e. The monoisotopic (exact) mass is 186 g/mol. The Labute approximate surface area is 77.7 Å². The average molecular weight is 186 g/mol. The molecule has 1 heterocycles. The van der Waals surface area contributed by atoms with Gasteiger partial charge in [0.2, 0.25) is 0 Å². The molecule has 0 aromatic rings. The molecule has 0 bridgehead atoms. The van der Waals surface area contributed by atoms with Crippen LogP contribution in [0.1, 0.15) is 26.2 Å². The van der Waals surface area contributed by atoms with E-state index in [9.17, 15) is 9.60 Å². The van der Waals surface area contributed by atoms with Crippen LogP contribution in [0.4, 0.5) is 4.39 Å². The number of rotatable bonds is 4. The van der Waals surface area contributed by atoms with Gasteiger partial charge in [-0.05, 0) is 19.3 Å². The number of unbranched alkanes of at least 4 members (excludes halogenated alkanes) is 1. The van der Waals surface area contributed by atoms with Crippen LogP contribution in [0.25, 0.3) is 0 Å².